The van der Waals surface area contributed by atoms with Gasteiger partial charge >= 0.3 is 0 Å². The van der Waals surface area contributed by atoms with Crippen LogP contribution in [-0.4, -0.2) is 47.9 Å². The highest BCUT2D eigenvalue weighted by molar-refractivity contribution is 5.98. The average Bonchev–Trinajstić information content (AvgIpc) is 3.18. The Kier molecular flexibility index (Phi) is 5.70. The normalized spacial score (nSPS) is 14.7. The molecule has 0 radical (unpaired) electrons. The Bertz CT molecular complexity index is 1070. The lowest BCUT2D eigenvalue weighted by molar-refractivity contribution is -0.131. The third-order valence-corrected chi connectivity index (χ3v) is 5.54. The summed E-state index contributed by atoms with van der Waals surface area (Å²) in [5.41, 5.74) is 2.00. The van der Waals surface area contributed by atoms with Crippen molar-refractivity contribution in [3.63, 3.8) is 0 Å². The van der Waals surface area contributed by atoms with E-state index >= 15 is 0 Å². The minimum Gasteiger partial charge on any atom is -0.496 e. The number of halogens is 1. The molecule has 0 spiro atoms. The zero-order chi connectivity index (χ0) is 21.1. The maximum Gasteiger partial charge on any atom is 0.267 e. The van der Waals surface area contributed by atoms with E-state index in [1.807, 2.05) is 29.2 Å². The fraction of sp³-hybridized carbons (Fsp3) is 0.304. The van der Waals surface area contributed by atoms with Gasteiger partial charge in [0.1, 0.15) is 17.3 Å². The molecule has 7 heteroatoms. The number of aromatic amines is 1. The van der Waals surface area contributed by atoms with Crippen LogP contribution in [0.2, 0.25) is 0 Å². The van der Waals surface area contributed by atoms with Crippen LogP contribution in [0.3, 0.4) is 0 Å². The lowest BCUT2D eigenvalue weighted by Crippen LogP contribution is -2.47. The molecule has 2 amide bonds. The van der Waals surface area contributed by atoms with E-state index in [1.54, 1.807) is 19.2 Å². The maximum absolute atomic E-state index is 13.3. The maximum atomic E-state index is 13.3. The molecule has 2 aromatic carbocycles. The smallest absolute Gasteiger partial charge is 0.267 e. The molecule has 1 aliphatic heterocycles. The molecule has 156 valence electrons. The second kappa shape index (κ2) is 8.57. The number of piperidine rings is 1. The molecule has 6 nitrogen and oxygen atoms in total. The number of rotatable bonds is 5. The molecule has 0 bridgehead atoms. The van der Waals surface area contributed by atoms with Crippen LogP contribution < -0.4 is 10.1 Å². The first-order chi connectivity index (χ1) is 14.5. The number of aromatic nitrogens is 1. The number of fused-ring (bicyclic) bond motifs is 1. The minimum atomic E-state index is -0.335. The van der Waals surface area contributed by atoms with Gasteiger partial charge in [-0.25, -0.2) is 4.39 Å². The number of nitrogens with zero attached hydrogens (tertiary/aromatic N) is 1. The molecule has 4 rings (SSSR count). The van der Waals surface area contributed by atoms with Gasteiger partial charge in [0, 0.05) is 35.6 Å². The molecule has 1 aliphatic rings. The van der Waals surface area contributed by atoms with E-state index in [2.05, 4.69) is 10.3 Å². The van der Waals surface area contributed by atoms with Crippen molar-refractivity contribution in [2.75, 3.05) is 20.2 Å². The summed E-state index contributed by atoms with van der Waals surface area (Å²) in [5, 5.41) is 3.68. The van der Waals surface area contributed by atoms with Gasteiger partial charge in [0.2, 0.25) is 5.91 Å². The molecule has 0 aliphatic carbocycles. The third-order valence-electron chi connectivity index (χ3n) is 5.54. The van der Waals surface area contributed by atoms with E-state index in [0.29, 0.717) is 49.2 Å². The lowest BCUT2D eigenvalue weighted by atomic mass is 10.0. The number of carbonyl (C=O) groups is 2. The highest BCUT2D eigenvalue weighted by atomic mass is 19.1. The zero-order valence-corrected chi connectivity index (χ0v) is 16.8. The number of hydrogen-bond acceptors (Lipinski definition) is 3. The van der Waals surface area contributed by atoms with Crippen LogP contribution in [0.25, 0.3) is 10.9 Å². The zero-order valence-electron chi connectivity index (χ0n) is 16.8. The van der Waals surface area contributed by atoms with Crippen LogP contribution in [0.5, 0.6) is 5.75 Å². The Hall–Kier alpha value is -3.35. The number of methoxy groups -OCH3 is 1. The number of ether oxygens (including phenoxy) is 1. The van der Waals surface area contributed by atoms with Gasteiger partial charge in [0.15, 0.2) is 0 Å². The number of amides is 2. The summed E-state index contributed by atoms with van der Waals surface area (Å²) >= 11 is 0. The van der Waals surface area contributed by atoms with Gasteiger partial charge in [-0.2, -0.15) is 0 Å². The predicted octanol–water partition coefficient (Wildman–Crippen LogP) is 3.28. The molecule has 1 aromatic heterocycles. The molecule has 2 heterocycles. The van der Waals surface area contributed by atoms with Crippen molar-refractivity contribution in [1.82, 2.24) is 15.2 Å². The van der Waals surface area contributed by atoms with E-state index < -0.39 is 0 Å². The van der Waals surface area contributed by atoms with Crippen molar-refractivity contribution in [3.05, 3.63) is 65.6 Å². The number of likely N-dealkylation sites (tertiary alicyclic amines) is 1. The second-order valence-corrected chi connectivity index (χ2v) is 7.53. The predicted molar refractivity (Wildman–Crippen MR) is 112 cm³/mol. The Morgan fingerprint density at radius 3 is 2.70 bits per heavy atom. The summed E-state index contributed by atoms with van der Waals surface area (Å²) in [6.45, 7) is 1.19. The topological polar surface area (TPSA) is 74.4 Å². The van der Waals surface area contributed by atoms with Gasteiger partial charge in [-0.1, -0.05) is 18.2 Å². The van der Waals surface area contributed by atoms with Crippen LogP contribution in [-0.2, 0) is 11.2 Å². The SMILES string of the molecule is COc1ccccc1CC(=O)N1CCC(NC(=O)c2cc3cc(F)ccc3[nH]2)CC1. The van der Waals surface area contributed by atoms with Crippen molar-refractivity contribution in [2.24, 2.45) is 0 Å². The van der Waals surface area contributed by atoms with Gasteiger partial charge in [0.05, 0.1) is 13.5 Å². The summed E-state index contributed by atoms with van der Waals surface area (Å²) < 4.78 is 18.7. The number of benzene rings is 2. The average molecular weight is 409 g/mol. The standard InChI is InChI=1S/C23H24FN3O3/c1-30-21-5-3-2-4-15(21)14-22(28)27-10-8-18(9-11-27)25-23(29)20-13-16-12-17(24)6-7-19(16)26-20/h2-7,12-13,18,26H,8-11,14H2,1H3,(H,25,29). The van der Waals surface area contributed by atoms with Crippen molar-refractivity contribution in [1.29, 1.82) is 0 Å². The number of nitrogens with one attached hydrogen (secondary N) is 2. The molecule has 0 saturated carbocycles. The van der Waals surface area contributed by atoms with Gasteiger partial charge in [0.25, 0.3) is 5.91 Å². The van der Waals surface area contributed by atoms with Crippen LogP contribution in [0, 0.1) is 5.82 Å². The Balaban J connectivity index is 1.31. The van der Waals surface area contributed by atoms with E-state index in [1.165, 1.54) is 12.1 Å². The number of H-pyrrole nitrogens is 1. The molecule has 30 heavy (non-hydrogen) atoms. The van der Waals surface area contributed by atoms with Crippen molar-refractivity contribution >= 4 is 22.7 Å². The van der Waals surface area contributed by atoms with E-state index in [9.17, 15) is 14.0 Å². The molecule has 0 atom stereocenters. The van der Waals surface area contributed by atoms with Crippen LogP contribution >= 0.6 is 0 Å². The first-order valence-corrected chi connectivity index (χ1v) is 10.0. The number of hydrogen-bond donors (Lipinski definition) is 2. The third kappa shape index (κ3) is 4.30. The summed E-state index contributed by atoms with van der Waals surface area (Å²) in [7, 11) is 1.60. The minimum absolute atomic E-state index is 0.00374. The van der Waals surface area contributed by atoms with Gasteiger partial charge in [-0.15, -0.1) is 0 Å². The van der Waals surface area contributed by atoms with E-state index in [4.69, 9.17) is 4.74 Å². The molecule has 0 unspecified atom stereocenters. The Morgan fingerprint density at radius 1 is 1.17 bits per heavy atom. The van der Waals surface area contributed by atoms with Crippen LogP contribution in [0.4, 0.5) is 4.39 Å². The number of carbonyl (C=O) groups excluding carboxylic acids is 2. The summed E-state index contributed by atoms with van der Waals surface area (Å²) in [5.74, 6) is 0.220. The van der Waals surface area contributed by atoms with Gasteiger partial charge in [-0.3, -0.25) is 9.59 Å². The molecule has 1 fully saturated rings. The van der Waals surface area contributed by atoms with Crippen molar-refractivity contribution < 1.29 is 18.7 Å². The Morgan fingerprint density at radius 2 is 1.93 bits per heavy atom. The van der Waals surface area contributed by atoms with Crippen LogP contribution in [0.1, 0.15) is 28.9 Å². The molecule has 3 aromatic rings. The molecular weight excluding hydrogens is 385 g/mol. The summed E-state index contributed by atoms with van der Waals surface area (Å²) in [4.78, 5) is 30.1. The van der Waals surface area contributed by atoms with E-state index in [-0.39, 0.29) is 23.7 Å². The first kappa shape index (κ1) is 19.9. The highest BCUT2D eigenvalue weighted by Crippen LogP contribution is 2.21. The van der Waals surface area contributed by atoms with Crippen molar-refractivity contribution in [2.45, 2.75) is 25.3 Å². The van der Waals surface area contributed by atoms with E-state index in [0.717, 1.165) is 11.1 Å². The quantitative estimate of drug-likeness (QED) is 0.679. The lowest BCUT2D eigenvalue weighted by Gasteiger charge is -2.32. The molecule has 2 N–H and O–H groups in total. The first-order valence-electron chi connectivity index (χ1n) is 10.0. The molecular formula is C23H24FN3O3. The van der Waals surface area contributed by atoms with Gasteiger partial charge in [-0.05, 0) is 43.2 Å². The Labute approximate surface area is 174 Å². The number of para-hydroxylation sites is 1. The van der Waals surface area contributed by atoms with Crippen molar-refractivity contribution in [3.8, 4) is 5.75 Å². The molecule has 1 saturated heterocycles. The second-order valence-electron chi connectivity index (χ2n) is 7.53. The van der Waals surface area contributed by atoms with Crippen LogP contribution in [0.15, 0.2) is 48.5 Å². The fourth-order valence-electron chi connectivity index (χ4n) is 3.89. The monoisotopic (exact) mass is 409 g/mol. The fourth-order valence-corrected chi connectivity index (χ4v) is 3.89. The van der Waals surface area contributed by atoms with Gasteiger partial charge < -0.3 is 19.9 Å². The highest BCUT2D eigenvalue weighted by Gasteiger charge is 2.25. The summed E-state index contributed by atoms with van der Waals surface area (Å²) in [6, 6.07) is 13.5. The summed E-state index contributed by atoms with van der Waals surface area (Å²) in [6.07, 6.45) is 1.68. The largest absolute Gasteiger partial charge is 0.496 e.